The minimum atomic E-state index is -0.497. The monoisotopic (exact) mass is 339 g/mol. The van der Waals surface area contributed by atoms with Crippen LogP contribution < -0.4 is 5.73 Å². The second-order valence-corrected chi connectivity index (χ2v) is 6.06. The lowest BCUT2D eigenvalue weighted by atomic mass is 10.0. The highest BCUT2D eigenvalue weighted by atomic mass is 16.3. The Balaban J connectivity index is 1.70. The zero-order valence-corrected chi connectivity index (χ0v) is 13.8. The van der Waals surface area contributed by atoms with Crippen molar-refractivity contribution in [1.29, 1.82) is 0 Å². The number of carbonyl (C=O) groups is 2. The van der Waals surface area contributed by atoms with Gasteiger partial charge in [0, 0.05) is 26.2 Å². The summed E-state index contributed by atoms with van der Waals surface area (Å²) in [5.74, 6) is -0.617. The molecule has 2 aromatic carbocycles. The average molecular weight is 339 g/mol. The van der Waals surface area contributed by atoms with Crippen molar-refractivity contribution in [2.45, 2.75) is 6.04 Å². The third-order valence-corrected chi connectivity index (χ3v) is 4.49. The summed E-state index contributed by atoms with van der Waals surface area (Å²) in [7, 11) is 0. The van der Waals surface area contributed by atoms with Gasteiger partial charge in [-0.2, -0.15) is 0 Å². The first kappa shape index (κ1) is 17.0. The first-order valence-electron chi connectivity index (χ1n) is 8.23. The van der Waals surface area contributed by atoms with E-state index < -0.39 is 11.9 Å². The quantitative estimate of drug-likeness (QED) is 0.881. The van der Waals surface area contributed by atoms with Crippen molar-refractivity contribution in [3.8, 4) is 5.75 Å². The lowest BCUT2D eigenvalue weighted by molar-refractivity contribution is -0.124. The van der Waals surface area contributed by atoms with Gasteiger partial charge in [0.1, 0.15) is 11.8 Å². The number of rotatable bonds is 4. The van der Waals surface area contributed by atoms with Crippen molar-refractivity contribution in [3.63, 3.8) is 0 Å². The van der Waals surface area contributed by atoms with Crippen molar-refractivity contribution in [1.82, 2.24) is 9.80 Å². The van der Waals surface area contributed by atoms with Crippen LogP contribution in [0.15, 0.2) is 54.6 Å². The average Bonchev–Trinajstić information content (AvgIpc) is 2.63. The van der Waals surface area contributed by atoms with Crippen molar-refractivity contribution in [2.24, 2.45) is 5.73 Å². The number of phenols is 1. The molecular weight excluding hydrogens is 318 g/mol. The zero-order chi connectivity index (χ0) is 17.8. The Morgan fingerprint density at radius 1 is 0.920 bits per heavy atom. The van der Waals surface area contributed by atoms with E-state index in [9.17, 15) is 14.7 Å². The van der Waals surface area contributed by atoms with Gasteiger partial charge in [0.25, 0.3) is 5.91 Å². The minimum absolute atomic E-state index is 0.0192. The minimum Gasteiger partial charge on any atom is -0.507 e. The van der Waals surface area contributed by atoms with Crippen LogP contribution in [0.4, 0.5) is 0 Å². The van der Waals surface area contributed by atoms with Gasteiger partial charge in [-0.05, 0) is 17.7 Å². The largest absolute Gasteiger partial charge is 0.507 e. The fraction of sp³-hybridized carbons (Fsp3) is 0.263. The second-order valence-electron chi connectivity index (χ2n) is 6.06. The van der Waals surface area contributed by atoms with Crippen LogP contribution in [0, 0.1) is 0 Å². The van der Waals surface area contributed by atoms with Crippen molar-refractivity contribution in [3.05, 3.63) is 65.7 Å². The number of carbonyl (C=O) groups excluding carboxylic acids is 2. The molecule has 1 saturated heterocycles. The summed E-state index contributed by atoms with van der Waals surface area (Å²) in [5, 5.41) is 9.85. The highest BCUT2D eigenvalue weighted by Gasteiger charge is 2.31. The van der Waals surface area contributed by atoms with Crippen LogP contribution >= 0.6 is 0 Å². The van der Waals surface area contributed by atoms with E-state index in [0.717, 1.165) is 5.56 Å². The van der Waals surface area contributed by atoms with Gasteiger partial charge >= 0.3 is 0 Å². The number of hydrogen-bond acceptors (Lipinski definition) is 4. The Morgan fingerprint density at radius 2 is 1.52 bits per heavy atom. The molecule has 3 N–H and O–H groups in total. The van der Waals surface area contributed by atoms with E-state index in [-0.39, 0.29) is 11.7 Å². The third kappa shape index (κ3) is 3.64. The lowest BCUT2D eigenvalue weighted by Crippen LogP contribution is -2.51. The maximum atomic E-state index is 12.6. The van der Waals surface area contributed by atoms with Crippen LogP contribution in [0.1, 0.15) is 22.0 Å². The first-order chi connectivity index (χ1) is 12.1. The molecule has 1 aliphatic rings. The van der Waals surface area contributed by atoms with E-state index in [2.05, 4.69) is 0 Å². The van der Waals surface area contributed by atoms with Crippen molar-refractivity contribution < 1.29 is 14.7 Å². The molecule has 1 aliphatic heterocycles. The van der Waals surface area contributed by atoms with Gasteiger partial charge in [-0.1, -0.05) is 42.5 Å². The van der Waals surface area contributed by atoms with Gasteiger partial charge in [-0.25, -0.2) is 0 Å². The summed E-state index contributed by atoms with van der Waals surface area (Å²) in [6, 6.07) is 15.4. The molecule has 2 aromatic rings. The highest BCUT2D eigenvalue weighted by molar-refractivity contribution is 5.96. The number of primary amides is 1. The number of phenolic OH excluding ortho intramolecular Hbond substituents is 1. The summed E-state index contributed by atoms with van der Waals surface area (Å²) in [5.41, 5.74) is 6.76. The predicted octanol–water partition coefficient (Wildman–Crippen LogP) is 1.38. The fourth-order valence-corrected chi connectivity index (χ4v) is 3.20. The van der Waals surface area contributed by atoms with Crippen LogP contribution in [-0.2, 0) is 4.79 Å². The van der Waals surface area contributed by atoms with E-state index in [0.29, 0.717) is 31.7 Å². The molecule has 1 atom stereocenters. The van der Waals surface area contributed by atoms with E-state index >= 15 is 0 Å². The Hall–Kier alpha value is -2.86. The van der Waals surface area contributed by atoms with Gasteiger partial charge in [-0.15, -0.1) is 0 Å². The van der Waals surface area contributed by atoms with Crippen LogP contribution in [0.3, 0.4) is 0 Å². The molecule has 0 radical (unpaired) electrons. The SMILES string of the molecule is NC(=O)[C@@H](c1ccccc1)N1CCN(C(=O)c2ccccc2O)CC1. The molecule has 1 heterocycles. The van der Waals surface area contributed by atoms with E-state index in [1.165, 1.54) is 6.07 Å². The summed E-state index contributed by atoms with van der Waals surface area (Å²) >= 11 is 0. The van der Waals surface area contributed by atoms with Gasteiger partial charge in [0.2, 0.25) is 5.91 Å². The Morgan fingerprint density at radius 3 is 2.12 bits per heavy atom. The summed E-state index contributed by atoms with van der Waals surface area (Å²) < 4.78 is 0. The molecule has 130 valence electrons. The molecule has 0 aromatic heterocycles. The molecule has 2 amide bonds. The summed E-state index contributed by atoms with van der Waals surface area (Å²) in [6.07, 6.45) is 0. The van der Waals surface area contributed by atoms with Crippen LogP contribution in [-0.4, -0.2) is 52.9 Å². The number of hydrogen-bond donors (Lipinski definition) is 2. The van der Waals surface area contributed by atoms with E-state index in [4.69, 9.17) is 5.73 Å². The predicted molar refractivity (Wildman–Crippen MR) is 94.0 cm³/mol. The topological polar surface area (TPSA) is 86.9 Å². The molecule has 3 rings (SSSR count). The van der Waals surface area contributed by atoms with Gasteiger partial charge in [0.05, 0.1) is 5.56 Å². The van der Waals surface area contributed by atoms with Crippen molar-refractivity contribution >= 4 is 11.8 Å². The van der Waals surface area contributed by atoms with Gasteiger partial charge in [-0.3, -0.25) is 14.5 Å². The second kappa shape index (κ2) is 7.36. The molecule has 0 saturated carbocycles. The van der Waals surface area contributed by atoms with Crippen LogP contribution in [0.5, 0.6) is 5.75 Å². The Bertz CT molecular complexity index is 756. The maximum Gasteiger partial charge on any atom is 0.257 e. The summed E-state index contributed by atoms with van der Waals surface area (Å²) in [4.78, 5) is 28.2. The molecule has 0 bridgehead atoms. The number of piperazine rings is 1. The van der Waals surface area contributed by atoms with Gasteiger partial charge < -0.3 is 15.7 Å². The molecule has 1 fully saturated rings. The Labute approximate surface area is 146 Å². The molecule has 25 heavy (non-hydrogen) atoms. The number of aromatic hydroxyl groups is 1. The normalized spacial score (nSPS) is 16.4. The standard InChI is InChI=1S/C19H21N3O3/c20-18(24)17(14-6-2-1-3-7-14)21-10-12-22(13-11-21)19(25)15-8-4-5-9-16(15)23/h1-9,17,23H,10-13H2,(H2,20,24)/t17-/m1/s1. The number of nitrogens with zero attached hydrogens (tertiary/aromatic N) is 2. The molecule has 6 nitrogen and oxygen atoms in total. The molecule has 6 heteroatoms. The van der Waals surface area contributed by atoms with Crippen molar-refractivity contribution in [2.75, 3.05) is 26.2 Å². The highest BCUT2D eigenvalue weighted by Crippen LogP contribution is 2.23. The molecule has 0 unspecified atom stereocenters. The number of para-hydroxylation sites is 1. The molecule has 0 spiro atoms. The van der Waals surface area contributed by atoms with Crippen LogP contribution in [0.2, 0.25) is 0 Å². The first-order valence-corrected chi connectivity index (χ1v) is 8.23. The van der Waals surface area contributed by atoms with E-state index in [1.54, 1.807) is 23.1 Å². The number of amides is 2. The summed E-state index contributed by atoms with van der Waals surface area (Å²) in [6.45, 7) is 2.04. The van der Waals surface area contributed by atoms with Gasteiger partial charge in [0.15, 0.2) is 0 Å². The zero-order valence-electron chi connectivity index (χ0n) is 13.8. The Kier molecular flexibility index (Phi) is 5.00. The molecular formula is C19H21N3O3. The molecule has 0 aliphatic carbocycles. The van der Waals surface area contributed by atoms with E-state index in [1.807, 2.05) is 35.2 Å². The van der Waals surface area contributed by atoms with Crippen LogP contribution in [0.25, 0.3) is 0 Å². The fourth-order valence-electron chi connectivity index (χ4n) is 3.20. The lowest BCUT2D eigenvalue weighted by Gasteiger charge is -2.38. The number of nitrogens with two attached hydrogens (primary N) is 1. The smallest absolute Gasteiger partial charge is 0.257 e. The maximum absolute atomic E-state index is 12.6. The third-order valence-electron chi connectivity index (χ3n) is 4.49. The number of benzene rings is 2.